The van der Waals surface area contributed by atoms with Gasteiger partial charge in [0.15, 0.2) is 5.01 Å². The Morgan fingerprint density at radius 3 is 2.78 bits per heavy atom. The number of nitrogens with zero attached hydrogens (tertiary/aromatic N) is 4. The van der Waals surface area contributed by atoms with Gasteiger partial charge in [-0.25, -0.2) is 14.4 Å². The smallest absolute Gasteiger partial charge is 0.314 e. The maximum Gasteiger partial charge on any atom is 0.314 e. The number of fused-ring (bicyclic) bond motifs is 1. The average molecular weight is 548 g/mol. The number of hydrogen-bond acceptors (Lipinski definition) is 8. The van der Waals surface area contributed by atoms with E-state index in [2.05, 4.69) is 30.8 Å². The molecule has 4 heterocycles. The number of rotatable bonds is 6. The molecule has 37 heavy (non-hydrogen) atoms. The molecule has 0 radical (unpaired) electrons. The minimum Gasteiger partial charge on any atom is -0.345 e. The van der Waals surface area contributed by atoms with Crippen molar-refractivity contribution in [1.29, 1.82) is 0 Å². The molecule has 2 aromatic heterocycles. The second-order valence-corrected chi connectivity index (χ2v) is 9.86. The molecule has 2 aliphatic heterocycles. The normalized spacial score (nSPS) is 15.9. The van der Waals surface area contributed by atoms with Gasteiger partial charge < -0.3 is 25.8 Å². The Kier molecular flexibility index (Phi) is 8.26. The van der Waals surface area contributed by atoms with Gasteiger partial charge in [-0.15, -0.1) is 11.3 Å². The monoisotopic (exact) mass is 547 g/mol. The topological polar surface area (TPSA) is 137 Å². The van der Waals surface area contributed by atoms with E-state index in [1.54, 1.807) is 0 Å². The molecule has 3 N–H and O–H groups in total. The lowest BCUT2D eigenvalue weighted by Gasteiger charge is -2.25. The Bertz CT molecular complexity index is 1280. The summed E-state index contributed by atoms with van der Waals surface area (Å²) >= 11 is 6.99. The van der Waals surface area contributed by atoms with Crippen molar-refractivity contribution in [3.63, 3.8) is 0 Å². The molecule has 0 spiro atoms. The minimum atomic E-state index is -1.29. The van der Waals surface area contributed by atoms with Crippen LogP contribution < -0.4 is 16.0 Å². The van der Waals surface area contributed by atoms with Crippen LogP contribution in [0.2, 0.25) is 5.02 Å². The molecule has 4 rings (SSSR count). The lowest BCUT2D eigenvalue weighted by molar-refractivity contribution is -0.136. The van der Waals surface area contributed by atoms with E-state index >= 15 is 0 Å². The fourth-order valence-corrected chi connectivity index (χ4v) is 4.82. The molecule has 1 atom stereocenters. The van der Waals surface area contributed by atoms with Gasteiger partial charge in [0.1, 0.15) is 17.7 Å². The third-order valence-electron chi connectivity index (χ3n) is 5.50. The zero-order valence-electron chi connectivity index (χ0n) is 19.7. The van der Waals surface area contributed by atoms with E-state index in [-0.39, 0.29) is 17.4 Å². The highest BCUT2D eigenvalue weighted by molar-refractivity contribution is 7.13. The summed E-state index contributed by atoms with van der Waals surface area (Å²) in [5.41, 5.74) is 0.836. The number of likely N-dealkylation sites (N-methyl/N-ethyl adjacent to an activating group) is 1. The van der Waals surface area contributed by atoms with Crippen molar-refractivity contribution in [3.05, 3.63) is 63.1 Å². The van der Waals surface area contributed by atoms with Crippen molar-refractivity contribution < 1.29 is 23.6 Å². The Morgan fingerprint density at radius 1 is 1.24 bits per heavy atom. The summed E-state index contributed by atoms with van der Waals surface area (Å²) in [6.07, 6.45) is 5.66. The van der Waals surface area contributed by atoms with Gasteiger partial charge in [0.05, 0.1) is 10.7 Å². The highest BCUT2D eigenvalue weighted by Crippen LogP contribution is 2.24. The first kappa shape index (κ1) is 26.4. The first-order chi connectivity index (χ1) is 17.7. The number of hydrogen-bond donors (Lipinski definition) is 3. The quantitative estimate of drug-likeness (QED) is 0.463. The van der Waals surface area contributed by atoms with E-state index in [1.165, 1.54) is 41.8 Å². The largest absolute Gasteiger partial charge is 0.345 e. The summed E-state index contributed by atoms with van der Waals surface area (Å²) in [6, 6.07) is 1.61. The van der Waals surface area contributed by atoms with Crippen LogP contribution in [0.5, 0.6) is 0 Å². The van der Waals surface area contributed by atoms with E-state index in [1.807, 2.05) is 7.05 Å². The molecular weight excluding hydrogens is 525 g/mol. The molecule has 0 fully saturated rings. The van der Waals surface area contributed by atoms with Crippen LogP contribution in [-0.4, -0.2) is 76.1 Å². The molecule has 4 amide bonds. The highest BCUT2D eigenvalue weighted by atomic mass is 35.5. The van der Waals surface area contributed by atoms with Gasteiger partial charge in [-0.3, -0.25) is 19.2 Å². The Morgan fingerprint density at radius 2 is 2.05 bits per heavy atom. The van der Waals surface area contributed by atoms with Gasteiger partial charge >= 0.3 is 11.8 Å². The predicted octanol–water partition coefficient (Wildman–Crippen LogP) is 1.24. The fraction of sp³-hybridized carbons (Fsp3) is 0.304. The minimum absolute atomic E-state index is 0.0766. The SMILES string of the molecule is CN1CCc2nc(C(=O)NC(CNC(=O)C(=O)Nc3ccc(Cl)cn3)C(=O)N3C=C(F)C=CC3)sc2C1. The number of thiazole rings is 1. The lowest BCUT2D eigenvalue weighted by atomic mass is 10.2. The summed E-state index contributed by atoms with van der Waals surface area (Å²) in [7, 11) is 1.97. The number of nitrogens with one attached hydrogen (secondary N) is 3. The van der Waals surface area contributed by atoms with Gasteiger partial charge in [0.2, 0.25) is 0 Å². The molecule has 0 saturated carbocycles. The maximum absolute atomic E-state index is 13.7. The van der Waals surface area contributed by atoms with Crippen molar-refractivity contribution in [2.75, 3.05) is 32.0 Å². The molecular formula is C23H23ClFN7O4S. The number of amides is 4. The molecule has 0 aliphatic carbocycles. The van der Waals surface area contributed by atoms with Crippen molar-refractivity contribution in [1.82, 2.24) is 30.4 Å². The van der Waals surface area contributed by atoms with Crippen LogP contribution in [0, 0.1) is 0 Å². The molecule has 0 aromatic carbocycles. The van der Waals surface area contributed by atoms with Crippen LogP contribution in [0.3, 0.4) is 0 Å². The number of aromatic nitrogens is 2. The Balaban J connectivity index is 1.44. The predicted molar refractivity (Wildman–Crippen MR) is 134 cm³/mol. The van der Waals surface area contributed by atoms with Crippen LogP contribution in [0.4, 0.5) is 10.2 Å². The van der Waals surface area contributed by atoms with Gasteiger partial charge in [0.25, 0.3) is 11.8 Å². The zero-order chi connectivity index (χ0) is 26.5. The number of carbonyl (C=O) groups is 4. The summed E-state index contributed by atoms with van der Waals surface area (Å²) in [5, 5.41) is 7.74. The summed E-state index contributed by atoms with van der Waals surface area (Å²) < 4.78 is 13.7. The second kappa shape index (κ2) is 11.6. The first-order valence-corrected chi connectivity index (χ1v) is 12.4. The Hall–Kier alpha value is -3.68. The third-order valence-corrected chi connectivity index (χ3v) is 6.81. The summed E-state index contributed by atoms with van der Waals surface area (Å²) in [6.45, 7) is 1.14. The number of allylic oxidation sites excluding steroid dienone is 2. The molecule has 2 aromatic rings. The van der Waals surface area contributed by atoms with E-state index in [0.717, 1.165) is 28.2 Å². The van der Waals surface area contributed by atoms with Gasteiger partial charge in [0, 0.05) is 49.9 Å². The van der Waals surface area contributed by atoms with Gasteiger partial charge in [-0.1, -0.05) is 17.7 Å². The maximum atomic E-state index is 13.7. The van der Waals surface area contributed by atoms with Crippen molar-refractivity contribution >= 4 is 52.4 Å². The second-order valence-electron chi connectivity index (χ2n) is 8.34. The van der Waals surface area contributed by atoms with Crippen molar-refractivity contribution in [2.24, 2.45) is 0 Å². The molecule has 0 saturated heterocycles. The molecule has 14 heteroatoms. The number of pyridine rings is 1. The standard InChI is InChI=1S/C23H23ClFN7O4S/c1-31-8-6-15-17(12-31)37-22(29-15)21(35)28-16(23(36)32-7-2-3-14(25)11-32)10-27-19(33)20(34)30-18-5-4-13(24)9-26-18/h2-5,9,11,16H,6-8,10,12H2,1H3,(H,27,33)(H,28,35)(H,26,30,34). The molecule has 11 nitrogen and oxygen atoms in total. The average Bonchev–Trinajstić information content (AvgIpc) is 3.30. The Labute approximate surface area is 220 Å². The van der Waals surface area contributed by atoms with Crippen LogP contribution >= 0.6 is 22.9 Å². The van der Waals surface area contributed by atoms with Gasteiger partial charge in [-0.05, 0) is 25.3 Å². The summed E-state index contributed by atoms with van der Waals surface area (Å²) in [4.78, 5) is 63.2. The molecule has 194 valence electrons. The van der Waals surface area contributed by atoms with Crippen LogP contribution in [0.15, 0.2) is 42.5 Å². The molecule has 0 bridgehead atoms. The highest BCUT2D eigenvalue weighted by Gasteiger charge is 2.30. The lowest BCUT2D eigenvalue weighted by Crippen LogP contribution is -2.54. The van der Waals surface area contributed by atoms with E-state index in [0.29, 0.717) is 18.0 Å². The zero-order valence-corrected chi connectivity index (χ0v) is 21.2. The number of anilines is 1. The van der Waals surface area contributed by atoms with Gasteiger partial charge in [-0.2, -0.15) is 0 Å². The van der Waals surface area contributed by atoms with E-state index in [9.17, 15) is 23.6 Å². The van der Waals surface area contributed by atoms with E-state index < -0.39 is 42.0 Å². The van der Waals surface area contributed by atoms with Crippen LogP contribution in [0.1, 0.15) is 20.4 Å². The first-order valence-electron chi connectivity index (χ1n) is 11.2. The number of halogens is 2. The van der Waals surface area contributed by atoms with E-state index in [4.69, 9.17) is 11.6 Å². The summed E-state index contributed by atoms with van der Waals surface area (Å²) in [5.74, 6) is -3.91. The van der Waals surface area contributed by atoms with Crippen LogP contribution in [0.25, 0.3) is 0 Å². The van der Waals surface area contributed by atoms with Crippen molar-refractivity contribution in [2.45, 2.75) is 19.0 Å². The van der Waals surface area contributed by atoms with Crippen LogP contribution in [-0.2, 0) is 27.3 Å². The fourth-order valence-electron chi connectivity index (χ4n) is 3.62. The molecule has 2 aliphatic rings. The third kappa shape index (κ3) is 6.76. The number of carbonyl (C=O) groups excluding carboxylic acids is 4. The molecule has 1 unspecified atom stereocenters. The van der Waals surface area contributed by atoms with Crippen molar-refractivity contribution in [3.8, 4) is 0 Å².